The number of phenols is 2. The van der Waals surface area contributed by atoms with E-state index in [-0.39, 0.29) is 35.6 Å². The van der Waals surface area contributed by atoms with Crippen molar-refractivity contribution in [3.8, 4) is 11.5 Å². The number of rotatable bonds is 6. The molecule has 0 saturated carbocycles. The largest absolute Gasteiger partial charge is 0.693 e. The van der Waals surface area contributed by atoms with Crippen molar-refractivity contribution < 1.29 is 29.0 Å². The maximum Gasteiger partial charge on any atom is -0.693 e. The fourth-order valence-corrected chi connectivity index (χ4v) is 3.65. The van der Waals surface area contributed by atoms with Crippen LogP contribution in [0.25, 0.3) is 12.3 Å². The van der Waals surface area contributed by atoms with Gasteiger partial charge in [-0.15, -0.1) is 0 Å². The molecule has 2 rings (SSSR count). The molecule has 2 unspecified atom stereocenters. The fourth-order valence-electron chi connectivity index (χ4n) is 3.65. The van der Waals surface area contributed by atoms with Crippen LogP contribution in [-0.2, 0) is 25.2 Å². The third kappa shape index (κ3) is 7.99. The fraction of sp³-hybridized carbons (Fsp3) is 0.524. The number of halogens is 1. The molecule has 0 aliphatic heterocycles. The summed E-state index contributed by atoms with van der Waals surface area (Å²) in [4.78, 5) is 0. The second-order valence-electron chi connectivity index (χ2n) is 7.04. The average molecular weight is 577 g/mol. The minimum atomic E-state index is 0. The Morgan fingerprint density at radius 2 is 1.74 bits per heavy atom. The Labute approximate surface area is 180 Å². The summed E-state index contributed by atoms with van der Waals surface area (Å²) in [6.45, 7) is 10.4. The molecule has 1 aromatic carbocycles. The number of nitrogens with two attached hydrogens (primary N) is 2. The molecule has 0 heterocycles. The van der Waals surface area contributed by atoms with Crippen LogP contribution in [0.3, 0.4) is 0 Å². The third-order valence-corrected chi connectivity index (χ3v) is 4.98. The minimum Gasteiger partial charge on any atom is -0.693 e. The Kier molecular flexibility index (Phi) is 15.0. The van der Waals surface area contributed by atoms with Crippen molar-refractivity contribution in [1.29, 1.82) is 0 Å². The van der Waals surface area contributed by atoms with Gasteiger partial charge in [0.25, 0.3) is 0 Å². The van der Waals surface area contributed by atoms with Gasteiger partial charge in [-0.05, 0) is 63.1 Å². The van der Waals surface area contributed by atoms with E-state index in [1.54, 1.807) is 18.8 Å². The summed E-state index contributed by atoms with van der Waals surface area (Å²) >= 11 is 1.61. The van der Waals surface area contributed by atoms with Gasteiger partial charge in [0.15, 0.2) is 0 Å². The van der Waals surface area contributed by atoms with E-state index in [0.717, 1.165) is 36.8 Å². The number of benzene rings is 1. The van der Waals surface area contributed by atoms with Gasteiger partial charge in [0, 0.05) is 11.5 Å². The van der Waals surface area contributed by atoms with Crippen molar-refractivity contribution in [3.63, 3.8) is 0 Å². The van der Waals surface area contributed by atoms with Crippen LogP contribution >= 0.6 is 9.42 Å². The number of allylic oxidation sites excluding steroid dienone is 3. The second-order valence-corrected chi connectivity index (χ2v) is 7.04. The molecule has 6 heteroatoms. The monoisotopic (exact) mass is 576 g/mol. The summed E-state index contributed by atoms with van der Waals surface area (Å²) in [5, 5.41) is 21.1. The summed E-state index contributed by atoms with van der Waals surface area (Å²) in [5.74, 6) is 0.741. The first-order valence-corrected chi connectivity index (χ1v) is 11.7. The van der Waals surface area contributed by atoms with Crippen molar-refractivity contribution in [3.05, 3.63) is 59.4 Å². The summed E-state index contributed by atoms with van der Waals surface area (Å²) in [7, 11) is 4.61. The van der Waals surface area contributed by atoms with Gasteiger partial charge in [-0.2, -0.15) is 0 Å². The quantitative estimate of drug-likeness (QED) is 0.264. The average Bonchev–Trinajstić information content (AvgIpc) is 2.56. The van der Waals surface area contributed by atoms with Crippen LogP contribution in [0.1, 0.15) is 69.9 Å². The Morgan fingerprint density at radius 3 is 2.22 bits per heavy atom. The predicted octanol–water partition coefficient (Wildman–Crippen LogP) is 7.97. The van der Waals surface area contributed by atoms with Gasteiger partial charge in [-0.25, -0.2) is 0 Å². The SMILES string of the molecule is C=C(C)C1CCC(C)=CC1c1c(O)cc(CCCCC)cc1O.[Cl][Pt].[NH2-].[NH2-]. The third-order valence-electron chi connectivity index (χ3n) is 4.98. The van der Waals surface area contributed by atoms with Crippen molar-refractivity contribution in [2.24, 2.45) is 5.92 Å². The molecule has 0 bridgehead atoms. The molecule has 27 heavy (non-hydrogen) atoms. The number of phenolic OH excluding ortho intramolecular Hbond substituents is 2. The Hall–Kier alpha value is -0.802. The molecule has 1 aliphatic rings. The first-order valence-electron chi connectivity index (χ1n) is 8.93. The van der Waals surface area contributed by atoms with Gasteiger partial charge in [-0.1, -0.05) is 43.6 Å². The van der Waals surface area contributed by atoms with Gasteiger partial charge in [0.05, 0.1) is 0 Å². The zero-order valence-corrected chi connectivity index (χ0v) is 19.6. The molecule has 6 N–H and O–H groups in total. The topological polar surface area (TPSA) is 107 Å². The van der Waals surface area contributed by atoms with Crippen LogP contribution in [0.4, 0.5) is 0 Å². The molecule has 1 aliphatic carbocycles. The van der Waals surface area contributed by atoms with Gasteiger partial charge in [-0.3, -0.25) is 0 Å². The van der Waals surface area contributed by atoms with Crippen LogP contribution in [0.2, 0.25) is 0 Å². The molecule has 159 valence electrons. The van der Waals surface area contributed by atoms with Crippen molar-refractivity contribution in [2.75, 3.05) is 0 Å². The van der Waals surface area contributed by atoms with Gasteiger partial charge in [0.1, 0.15) is 11.5 Å². The van der Waals surface area contributed by atoms with Crippen LogP contribution in [0.5, 0.6) is 11.5 Å². The number of unbranched alkanes of at least 4 members (excludes halogenated alkanes) is 2. The maximum atomic E-state index is 10.5. The number of hydrogen-bond acceptors (Lipinski definition) is 2. The summed E-state index contributed by atoms with van der Waals surface area (Å²) in [6.07, 6.45) is 8.61. The van der Waals surface area contributed by atoms with E-state index in [1.165, 1.54) is 18.4 Å². The van der Waals surface area contributed by atoms with E-state index in [9.17, 15) is 10.2 Å². The molecule has 0 saturated heterocycles. The second kappa shape index (κ2) is 14.2. The maximum absolute atomic E-state index is 10.5. The molecule has 2 atom stereocenters. The number of aryl methyl sites for hydroxylation is 1. The zero-order chi connectivity index (χ0) is 19.0. The van der Waals surface area contributed by atoms with E-state index in [1.807, 2.05) is 19.1 Å². The number of hydrogen-bond donors (Lipinski definition) is 2. The van der Waals surface area contributed by atoms with Crippen LogP contribution in [-0.4, -0.2) is 10.2 Å². The molecule has 4 nitrogen and oxygen atoms in total. The van der Waals surface area contributed by atoms with E-state index >= 15 is 0 Å². The Morgan fingerprint density at radius 1 is 1.19 bits per heavy atom. The molecule has 0 aromatic heterocycles. The van der Waals surface area contributed by atoms with Crippen molar-refractivity contribution >= 4 is 9.42 Å². The minimum absolute atomic E-state index is 0. The first-order chi connectivity index (χ1) is 11.9. The molecular formula is C21H34ClN2O2Pt-2. The van der Waals surface area contributed by atoms with E-state index in [4.69, 9.17) is 0 Å². The molecular weight excluding hydrogens is 543 g/mol. The summed E-state index contributed by atoms with van der Waals surface area (Å²) < 4.78 is 0. The molecule has 0 fully saturated rings. The number of aromatic hydroxyl groups is 2. The normalized spacial score (nSPS) is 18.2. The Bertz CT molecular complexity index is 597. The molecule has 0 spiro atoms. The molecule has 1 aromatic rings. The van der Waals surface area contributed by atoms with Crippen LogP contribution < -0.4 is 0 Å². The van der Waals surface area contributed by atoms with E-state index < -0.39 is 0 Å². The van der Waals surface area contributed by atoms with Crippen LogP contribution in [0, 0.1) is 5.92 Å². The van der Waals surface area contributed by atoms with Crippen LogP contribution in [0.15, 0.2) is 35.9 Å². The Balaban J connectivity index is 0. The van der Waals surface area contributed by atoms with E-state index in [2.05, 4.69) is 35.9 Å². The summed E-state index contributed by atoms with van der Waals surface area (Å²) in [5.41, 5.74) is 4.11. The first kappa shape index (κ1) is 28.4. The van der Waals surface area contributed by atoms with Crippen molar-refractivity contribution in [2.45, 2.75) is 65.2 Å². The van der Waals surface area contributed by atoms with Gasteiger partial charge >= 0.3 is 28.2 Å². The summed E-state index contributed by atoms with van der Waals surface area (Å²) in [6, 6.07) is 3.66. The molecule has 0 radical (unpaired) electrons. The van der Waals surface area contributed by atoms with E-state index in [0.29, 0.717) is 5.56 Å². The van der Waals surface area contributed by atoms with Gasteiger partial charge < -0.3 is 22.5 Å². The van der Waals surface area contributed by atoms with Gasteiger partial charge in [0.2, 0.25) is 0 Å². The standard InChI is InChI=1S/C21H30O2.ClH.2H2N.Pt/c1-5-6-7-8-16-12-19(22)21(20(23)13-16)18-11-15(4)9-10-17(18)14(2)3;;;;/h11-13,17-18,22-23H,2,5-10H2,1,3-4H3;1H;2*1H2;/q;;2*-1;+1/p-1. The van der Waals surface area contributed by atoms with Crippen molar-refractivity contribution in [1.82, 2.24) is 0 Å². The zero-order valence-electron chi connectivity index (χ0n) is 16.6. The molecule has 0 amide bonds. The smallest absolute Gasteiger partial charge is 0.693 e. The predicted molar refractivity (Wildman–Crippen MR) is 113 cm³/mol.